The normalized spacial score (nSPS) is 21.4. The molecule has 1 unspecified atom stereocenters. The molecule has 1 atom stereocenters. The van der Waals surface area contributed by atoms with Gasteiger partial charge in [-0.15, -0.1) is 11.3 Å². The summed E-state index contributed by atoms with van der Waals surface area (Å²) >= 11 is 1.68. The number of aromatic nitrogens is 3. The van der Waals surface area contributed by atoms with E-state index in [1.807, 2.05) is 11.6 Å². The van der Waals surface area contributed by atoms with Gasteiger partial charge >= 0.3 is 0 Å². The molecule has 21 heavy (non-hydrogen) atoms. The Balaban J connectivity index is 1.38. The summed E-state index contributed by atoms with van der Waals surface area (Å²) in [5.41, 5.74) is 2.50. The van der Waals surface area contributed by atoms with Gasteiger partial charge in [-0.2, -0.15) is 5.10 Å². The second kappa shape index (κ2) is 5.87. The van der Waals surface area contributed by atoms with Crippen molar-refractivity contribution < 1.29 is 4.74 Å². The van der Waals surface area contributed by atoms with E-state index in [1.165, 1.54) is 18.4 Å². The van der Waals surface area contributed by atoms with Gasteiger partial charge in [0.05, 0.1) is 12.3 Å². The highest BCUT2D eigenvalue weighted by Gasteiger charge is 2.27. The third-order valence-corrected chi connectivity index (χ3v) is 4.88. The van der Waals surface area contributed by atoms with Crippen molar-refractivity contribution >= 4 is 11.3 Å². The van der Waals surface area contributed by atoms with Crippen LogP contribution >= 0.6 is 11.3 Å². The van der Waals surface area contributed by atoms with Crippen molar-refractivity contribution in [3.05, 3.63) is 34.0 Å². The van der Waals surface area contributed by atoms with Crippen LogP contribution in [0.1, 0.15) is 35.2 Å². The van der Waals surface area contributed by atoms with Crippen LogP contribution in [-0.2, 0) is 24.2 Å². The average Bonchev–Trinajstić information content (AvgIpc) is 3.00. The van der Waals surface area contributed by atoms with Gasteiger partial charge in [-0.3, -0.25) is 4.68 Å². The second-order valence-corrected chi connectivity index (χ2v) is 6.85. The highest BCUT2D eigenvalue weighted by atomic mass is 32.1. The van der Waals surface area contributed by atoms with E-state index in [4.69, 9.17) is 9.84 Å². The first-order valence-electron chi connectivity index (χ1n) is 7.65. The molecule has 1 fully saturated rings. The molecule has 1 saturated carbocycles. The molecule has 3 heterocycles. The van der Waals surface area contributed by atoms with E-state index in [2.05, 4.69) is 21.2 Å². The van der Waals surface area contributed by atoms with Crippen molar-refractivity contribution in [3.63, 3.8) is 0 Å². The van der Waals surface area contributed by atoms with Crippen LogP contribution in [-0.4, -0.2) is 27.9 Å². The van der Waals surface area contributed by atoms with E-state index in [0.717, 1.165) is 49.3 Å². The molecule has 0 amide bonds. The molecule has 6 heteroatoms. The molecule has 5 nitrogen and oxygen atoms in total. The van der Waals surface area contributed by atoms with Crippen LogP contribution in [0.4, 0.5) is 0 Å². The van der Waals surface area contributed by atoms with Crippen molar-refractivity contribution in [2.45, 2.75) is 38.5 Å². The van der Waals surface area contributed by atoms with Gasteiger partial charge in [0.1, 0.15) is 11.1 Å². The molecule has 4 rings (SSSR count). The Morgan fingerprint density at radius 1 is 1.43 bits per heavy atom. The largest absolute Gasteiger partial charge is 0.370 e. The summed E-state index contributed by atoms with van der Waals surface area (Å²) in [7, 11) is 0. The zero-order valence-electron chi connectivity index (χ0n) is 12.0. The van der Waals surface area contributed by atoms with Gasteiger partial charge in [0, 0.05) is 37.4 Å². The summed E-state index contributed by atoms with van der Waals surface area (Å²) in [6.45, 7) is 3.47. The Morgan fingerprint density at radius 3 is 3.19 bits per heavy atom. The van der Waals surface area contributed by atoms with Crippen molar-refractivity contribution in [1.29, 1.82) is 0 Å². The minimum atomic E-state index is 0.0779. The summed E-state index contributed by atoms with van der Waals surface area (Å²) < 4.78 is 8.03. The molecule has 2 aromatic rings. The predicted molar refractivity (Wildman–Crippen MR) is 81.2 cm³/mol. The summed E-state index contributed by atoms with van der Waals surface area (Å²) in [4.78, 5) is 4.28. The number of rotatable bonds is 6. The first-order valence-corrected chi connectivity index (χ1v) is 8.53. The fourth-order valence-corrected chi connectivity index (χ4v) is 3.38. The Bertz CT molecular complexity index is 591. The minimum Gasteiger partial charge on any atom is -0.370 e. The number of hydrogen-bond donors (Lipinski definition) is 1. The van der Waals surface area contributed by atoms with Gasteiger partial charge in [-0.25, -0.2) is 4.98 Å². The number of nitrogens with zero attached hydrogens (tertiary/aromatic N) is 3. The summed E-state index contributed by atoms with van der Waals surface area (Å²) in [5, 5.41) is 11.3. The number of hydrogen-bond acceptors (Lipinski definition) is 5. The van der Waals surface area contributed by atoms with Crippen LogP contribution in [0, 0.1) is 5.92 Å². The SMILES string of the molecule is c1csc(CNCC2OCCc3cn(CC4CC4)nc32)n1. The maximum Gasteiger partial charge on any atom is 0.114 e. The van der Waals surface area contributed by atoms with E-state index < -0.39 is 0 Å². The van der Waals surface area contributed by atoms with Crippen LogP contribution in [0.2, 0.25) is 0 Å². The average molecular weight is 304 g/mol. The first-order chi connectivity index (χ1) is 10.4. The number of ether oxygens (including phenoxy) is 1. The smallest absolute Gasteiger partial charge is 0.114 e. The van der Waals surface area contributed by atoms with Crippen molar-refractivity contribution in [3.8, 4) is 0 Å². The van der Waals surface area contributed by atoms with Gasteiger partial charge < -0.3 is 10.1 Å². The van der Waals surface area contributed by atoms with Gasteiger partial charge in [-0.05, 0) is 30.7 Å². The molecule has 1 N–H and O–H groups in total. The van der Waals surface area contributed by atoms with E-state index in [-0.39, 0.29) is 6.10 Å². The van der Waals surface area contributed by atoms with Crippen molar-refractivity contribution in [2.75, 3.05) is 13.2 Å². The van der Waals surface area contributed by atoms with Gasteiger partial charge in [0.15, 0.2) is 0 Å². The molecular weight excluding hydrogens is 284 g/mol. The molecular formula is C15H20N4OS. The van der Waals surface area contributed by atoms with E-state index in [0.29, 0.717) is 0 Å². The third kappa shape index (κ3) is 3.17. The number of fused-ring (bicyclic) bond motifs is 1. The Morgan fingerprint density at radius 2 is 2.38 bits per heavy atom. The standard InChI is InChI=1S/C15H20N4OS/c1-2-11(1)9-19-10-12-3-5-20-13(15(12)18-19)7-16-8-14-17-4-6-21-14/h4,6,10-11,13,16H,1-3,5,7-9H2. The van der Waals surface area contributed by atoms with Crippen LogP contribution in [0.25, 0.3) is 0 Å². The molecule has 1 aliphatic heterocycles. The van der Waals surface area contributed by atoms with Gasteiger partial charge in [-0.1, -0.05) is 0 Å². The molecule has 0 saturated heterocycles. The third-order valence-electron chi connectivity index (χ3n) is 4.10. The van der Waals surface area contributed by atoms with Crippen molar-refractivity contribution in [2.24, 2.45) is 5.92 Å². The highest BCUT2D eigenvalue weighted by molar-refractivity contribution is 7.09. The van der Waals surface area contributed by atoms with Crippen LogP contribution in [0.3, 0.4) is 0 Å². The molecule has 1 aliphatic carbocycles. The summed E-state index contributed by atoms with van der Waals surface area (Å²) in [6, 6.07) is 0. The topological polar surface area (TPSA) is 52.0 Å². The van der Waals surface area contributed by atoms with Gasteiger partial charge in [0.25, 0.3) is 0 Å². The van der Waals surface area contributed by atoms with E-state index in [1.54, 1.807) is 11.3 Å². The molecule has 0 aromatic carbocycles. The molecule has 2 aliphatic rings. The first kappa shape index (κ1) is 13.4. The molecule has 0 radical (unpaired) electrons. The monoisotopic (exact) mass is 304 g/mol. The zero-order chi connectivity index (χ0) is 14.1. The van der Waals surface area contributed by atoms with E-state index in [9.17, 15) is 0 Å². The lowest BCUT2D eigenvalue weighted by Crippen LogP contribution is -2.27. The molecule has 0 bridgehead atoms. The Labute approximate surface area is 128 Å². The summed E-state index contributed by atoms with van der Waals surface area (Å²) in [6.07, 6.45) is 7.86. The Hall–Kier alpha value is -1.24. The minimum absolute atomic E-state index is 0.0779. The lowest BCUT2D eigenvalue weighted by atomic mass is 10.1. The fraction of sp³-hybridized carbons (Fsp3) is 0.600. The lowest BCUT2D eigenvalue weighted by Gasteiger charge is -2.22. The zero-order valence-corrected chi connectivity index (χ0v) is 12.8. The Kier molecular flexibility index (Phi) is 3.75. The van der Waals surface area contributed by atoms with Crippen molar-refractivity contribution in [1.82, 2.24) is 20.1 Å². The van der Waals surface area contributed by atoms with Crippen LogP contribution in [0.15, 0.2) is 17.8 Å². The number of thiazole rings is 1. The number of nitrogens with one attached hydrogen (secondary N) is 1. The molecule has 112 valence electrons. The molecule has 0 spiro atoms. The maximum absolute atomic E-state index is 5.90. The lowest BCUT2D eigenvalue weighted by molar-refractivity contribution is 0.0392. The fourth-order valence-electron chi connectivity index (χ4n) is 2.80. The van der Waals surface area contributed by atoms with Crippen LogP contribution < -0.4 is 5.32 Å². The second-order valence-electron chi connectivity index (χ2n) is 5.87. The van der Waals surface area contributed by atoms with Gasteiger partial charge in [0.2, 0.25) is 0 Å². The van der Waals surface area contributed by atoms with E-state index >= 15 is 0 Å². The van der Waals surface area contributed by atoms with Crippen LogP contribution in [0.5, 0.6) is 0 Å². The predicted octanol–water partition coefficient (Wildman–Crippen LogP) is 2.15. The highest BCUT2D eigenvalue weighted by Crippen LogP contribution is 2.32. The molecule has 2 aromatic heterocycles. The quantitative estimate of drug-likeness (QED) is 0.888. The maximum atomic E-state index is 5.90. The summed E-state index contributed by atoms with van der Waals surface area (Å²) in [5.74, 6) is 0.855.